The van der Waals surface area contributed by atoms with E-state index >= 15 is 0 Å². The van der Waals surface area contributed by atoms with Crippen LogP contribution in [0.1, 0.15) is 18.4 Å². The van der Waals surface area contributed by atoms with Crippen molar-refractivity contribution in [2.75, 3.05) is 13.2 Å². The summed E-state index contributed by atoms with van der Waals surface area (Å²) in [6, 6.07) is 8.07. The first kappa shape index (κ1) is 11.8. The van der Waals surface area contributed by atoms with Crippen LogP contribution in [0.15, 0.2) is 36.9 Å². The summed E-state index contributed by atoms with van der Waals surface area (Å²) >= 11 is 0. The summed E-state index contributed by atoms with van der Waals surface area (Å²) < 4.78 is 5.38. The third-order valence-electron chi connectivity index (χ3n) is 2.16. The number of ether oxygens (including phenoxy) is 1. The second-order valence-corrected chi connectivity index (χ2v) is 3.42. The van der Waals surface area contributed by atoms with Crippen LogP contribution in [0.5, 0.6) is 5.75 Å². The van der Waals surface area contributed by atoms with Crippen molar-refractivity contribution in [2.45, 2.75) is 19.3 Å². The van der Waals surface area contributed by atoms with Crippen LogP contribution in [-0.2, 0) is 6.42 Å². The summed E-state index contributed by atoms with van der Waals surface area (Å²) in [5, 5.41) is 8.66. The molecule has 0 heterocycles. The maximum absolute atomic E-state index is 8.66. The van der Waals surface area contributed by atoms with E-state index in [1.807, 2.05) is 12.1 Å². The molecule has 2 nitrogen and oxygen atoms in total. The van der Waals surface area contributed by atoms with Crippen LogP contribution in [0.3, 0.4) is 0 Å². The third kappa shape index (κ3) is 4.66. The van der Waals surface area contributed by atoms with Gasteiger partial charge in [-0.3, -0.25) is 0 Å². The van der Waals surface area contributed by atoms with E-state index in [1.165, 1.54) is 5.56 Å². The van der Waals surface area contributed by atoms with Gasteiger partial charge in [-0.05, 0) is 37.0 Å². The van der Waals surface area contributed by atoms with E-state index < -0.39 is 0 Å². The van der Waals surface area contributed by atoms with Gasteiger partial charge in [0.2, 0.25) is 0 Å². The predicted molar refractivity (Wildman–Crippen MR) is 62.2 cm³/mol. The van der Waals surface area contributed by atoms with Gasteiger partial charge < -0.3 is 9.84 Å². The number of rotatable bonds is 7. The van der Waals surface area contributed by atoms with E-state index in [0.717, 1.165) is 25.0 Å². The van der Waals surface area contributed by atoms with Gasteiger partial charge in [-0.25, -0.2) is 0 Å². The lowest BCUT2D eigenvalue weighted by Gasteiger charge is -2.04. The maximum atomic E-state index is 8.66. The minimum Gasteiger partial charge on any atom is -0.490 e. The highest BCUT2D eigenvalue weighted by atomic mass is 16.5. The second-order valence-electron chi connectivity index (χ2n) is 3.42. The van der Waals surface area contributed by atoms with Gasteiger partial charge in [-0.1, -0.05) is 24.8 Å². The summed E-state index contributed by atoms with van der Waals surface area (Å²) in [6.07, 6.45) is 4.65. The molecule has 0 aromatic heterocycles. The standard InChI is InChI=1S/C13H18O2/c1-2-11-15-13-8-6-12(7-9-13)5-3-4-10-14/h2,6-9,14H,1,3-5,10-11H2. The molecule has 0 fully saturated rings. The van der Waals surface area contributed by atoms with E-state index in [2.05, 4.69) is 18.7 Å². The first-order valence-corrected chi connectivity index (χ1v) is 5.30. The molecule has 0 aliphatic carbocycles. The normalized spacial score (nSPS) is 9.93. The lowest BCUT2D eigenvalue weighted by molar-refractivity contribution is 0.284. The van der Waals surface area contributed by atoms with E-state index in [-0.39, 0.29) is 6.61 Å². The van der Waals surface area contributed by atoms with Gasteiger partial charge >= 0.3 is 0 Å². The minimum atomic E-state index is 0.278. The molecule has 0 unspecified atom stereocenters. The first-order valence-electron chi connectivity index (χ1n) is 5.30. The Morgan fingerprint density at radius 2 is 1.93 bits per heavy atom. The Bertz CT molecular complexity index is 277. The number of hydrogen-bond acceptors (Lipinski definition) is 2. The van der Waals surface area contributed by atoms with Gasteiger partial charge in [0.1, 0.15) is 12.4 Å². The molecule has 0 aliphatic rings. The average molecular weight is 206 g/mol. The quantitative estimate of drug-likeness (QED) is 0.549. The highest BCUT2D eigenvalue weighted by Crippen LogP contribution is 2.13. The Labute approximate surface area is 91.2 Å². The number of benzene rings is 1. The molecule has 0 radical (unpaired) electrons. The van der Waals surface area contributed by atoms with Crippen molar-refractivity contribution >= 4 is 0 Å². The Kier molecular flexibility index (Phi) is 5.56. The molecule has 15 heavy (non-hydrogen) atoms. The van der Waals surface area contributed by atoms with Crippen molar-refractivity contribution in [2.24, 2.45) is 0 Å². The van der Waals surface area contributed by atoms with E-state index in [0.29, 0.717) is 6.61 Å². The zero-order valence-corrected chi connectivity index (χ0v) is 8.98. The fourth-order valence-electron chi connectivity index (χ4n) is 1.35. The molecule has 0 bridgehead atoms. The number of aryl methyl sites for hydroxylation is 1. The molecule has 1 aromatic rings. The van der Waals surface area contributed by atoms with Gasteiger partial charge in [-0.15, -0.1) is 0 Å². The molecule has 0 saturated heterocycles. The molecule has 0 spiro atoms. The Hall–Kier alpha value is -1.28. The molecule has 0 amide bonds. The van der Waals surface area contributed by atoms with E-state index in [9.17, 15) is 0 Å². The summed E-state index contributed by atoms with van der Waals surface area (Å²) in [6.45, 7) is 4.42. The van der Waals surface area contributed by atoms with Crippen LogP contribution in [0.4, 0.5) is 0 Å². The fraction of sp³-hybridized carbons (Fsp3) is 0.385. The molecule has 0 aliphatic heterocycles. The largest absolute Gasteiger partial charge is 0.490 e. The molecule has 1 aromatic carbocycles. The van der Waals surface area contributed by atoms with Crippen molar-refractivity contribution in [3.63, 3.8) is 0 Å². The molecular weight excluding hydrogens is 188 g/mol. The van der Waals surface area contributed by atoms with Gasteiger partial charge in [0.05, 0.1) is 0 Å². The van der Waals surface area contributed by atoms with Crippen molar-refractivity contribution in [3.8, 4) is 5.75 Å². The summed E-state index contributed by atoms with van der Waals surface area (Å²) in [4.78, 5) is 0. The van der Waals surface area contributed by atoms with Gasteiger partial charge in [-0.2, -0.15) is 0 Å². The monoisotopic (exact) mass is 206 g/mol. The zero-order chi connectivity index (χ0) is 10.9. The topological polar surface area (TPSA) is 29.5 Å². The first-order chi connectivity index (χ1) is 7.36. The van der Waals surface area contributed by atoms with Crippen molar-refractivity contribution < 1.29 is 9.84 Å². The summed E-state index contributed by atoms with van der Waals surface area (Å²) in [5.41, 5.74) is 1.29. The Balaban J connectivity index is 2.38. The van der Waals surface area contributed by atoms with Crippen LogP contribution in [-0.4, -0.2) is 18.3 Å². The van der Waals surface area contributed by atoms with Crippen molar-refractivity contribution in [1.82, 2.24) is 0 Å². The number of aliphatic hydroxyl groups is 1. The lowest BCUT2D eigenvalue weighted by Crippen LogP contribution is -1.93. The molecule has 82 valence electrons. The third-order valence-corrected chi connectivity index (χ3v) is 2.16. The predicted octanol–water partition coefficient (Wildman–Crippen LogP) is 2.57. The summed E-state index contributed by atoms with van der Waals surface area (Å²) in [7, 11) is 0. The van der Waals surface area contributed by atoms with Gasteiger partial charge in [0.25, 0.3) is 0 Å². The van der Waals surface area contributed by atoms with Gasteiger partial charge in [0, 0.05) is 6.61 Å². The van der Waals surface area contributed by atoms with Crippen molar-refractivity contribution in [3.05, 3.63) is 42.5 Å². The zero-order valence-electron chi connectivity index (χ0n) is 8.98. The number of hydrogen-bond donors (Lipinski definition) is 1. The molecule has 2 heteroatoms. The summed E-state index contributed by atoms with van der Waals surface area (Å²) in [5.74, 6) is 0.876. The smallest absolute Gasteiger partial charge is 0.119 e. The van der Waals surface area contributed by atoms with Crippen LogP contribution >= 0.6 is 0 Å². The van der Waals surface area contributed by atoms with Crippen LogP contribution in [0.2, 0.25) is 0 Å². The second kappa shape index (κ2) is 7.07. The molecule has 1 rings (SSSR count). The van der Waals surface area contributed by atoms with Gasteiger partial charge in [0.15, 0.2) is 0 Å². The number of aliphatic hydroxyl groups excluding tert-OH is 1. The Morgan fingerprint density at radius 3 is 2.53 bits per heavy atom. The molecule has 0 saturated carbocycles. The van der Waals surface area contributed by atoms with Crippen LogP contribution < -0.4 is 4.74 Å². The lowest BCUT2D eigenvalue weighted by atomic mass is 10.1. The SMILES string of the molecule is C=CCOc1ccc(CCCCO)cc1. The van der Waals surface area contributed by atoms with E-state index in [1.54, 1.807) is 6.08 Å². The Morgan fingerprint density at radius 1 is 1.20 bits per heavy atom. The van der Waals surface area contributed by atoms with Crippen molar-refractivity contribution in [1.29, 1.82) is 0 Å². The minimum absolute atomic E-state index is 0.278. The highest BCUT2D eigenvalue weighted by molar-refractivity contribution is 5.27. The van der Waals surface area contributed by atoms with E-state index in [4.69, 9.17) is 9.84 Å². The van der Waals surface area contributed by atoms with Crippen LogP contribution in [0.25, 0.3) is 0 Å². The molecule has 0 atom stereocenters. The number of unbranched alkanes of at least 4 members (excludes halogenated alkanes) is 1. The maximum Gasteiger partial charge on any atom is 0.119 e. The molecule has 1 N–H and O–H groups in total. The molecular formula is C13H18O2. The van der Waals surface area contributed by atoms with Crippen LogP contribution in [0, 0.1) is 0 Å². The average Bonchev–Trinajstić information content (AvgIpc) is 2.28. The highest BCUT2D eigenvalue weighted by Gasteiger charge is 1.95. The fourth-order valence-corrected chi connectivity index (χ4v) is 1.35.